The molecule has 2 N–H and O–H groups in total. The van der Waals surface area contributed by atoms with Gasteiger partial charge >= 0.3 is 6.09 Å². The van der Waals surface area contributed by atoms with Crippen LogP contribution in [-0.2, 0) is 11.2 Å². The van der Waals surface area contributed by atoms with Gasteiger partial charge in [-0.05, 0) is 69.7 Å². The molecule has 2 aliphatic rings. The summed E-state index contributed by atoms with van der Waals surface area (Å²) < 4.78 is 11.5. The highest BCUT2D eigenvalue weighted by Gasteiger charge is 2.30. The normalized spacial score (nSPS) is 16.3. The van der Waals surface area contributed by atoms with Crippen LogP contribution < -0.4 is 15.4 Å². The van der Waals surface area contributed by atoms with E-state index in [4.69, 9.17) is 9.47 Å². The second-order valence-electron chi connectivity index (χ2n) is 9.49. The van der Waals surface area contributed by atoms with Crippen molar-refractivity contribution in [3.8, 4) is 5.75 Å². The minimum Gasteiger partial charge on any atom is -0.493 e. The van der Waals surface area contributed by atoms with Gasteiger partial charge in [0, 0.05) is 44.0 Å². The molecule has 172 valence electrons. The zero-order valence-corrected chi connectivity index (χ0v) is 19.6. The lowest BCUT2D eigenvalue weighted by Crippen LogP contribution is -2.41. The summed E-state index contributed by atoms with van der Waals surface area (Å²) in [6.45, 7) is 9.70. The van der Waals surface area contributed by atoms with Crippen LogP contribution in [0.5, 0.6) is 5.75 Å². The minimum atomic E-state index is -0.479. The maximum Gasteiger partial charge on any atom is 0.410 e. The second-order valence-corrected chi connectivity index (χ2v) is 9.49. The Hall–Kier alpha value is -3.03. The number of aromatic nitrogens is 2. The number of nitrogens with zero attached hydrogens (tertiary/aromatic N) is 3. The molecule has 0 spiro atoms. The van der Waals surface area contributed by atoms with Crippen molar-refractivity contribution in [3.63, 3.8) is 0 Å². The first-order chi connectivity index (χ1) is 15.2. The summed E-state index contributed by atoms with van der Waals surface area (Å²) in [6.07, 6.45) is 2.42. The Morgan fingerprint density at radius 2 is 1.94 bits per heavy atom. The fourth-order valence-corrected chi connectivity index (χ4v) is 4.29. The van der Waals surface area contributed by atoms with Crippen molar-refractivity contribution in [3.05, 3.63) is 35.0 Å². The van der Waals surface area contributed by atoms with Crippen LogP contribution in [0.2, 0.25) is 0 Å². The molecule has 1 saturated heterocycles. The summed E-state index contributed by atoms with van der Waals surface area (Å²) in [5, 5.41) is 6.45. The number of fused-ring (bicyclic) bond motifs is 1. The SMILES string of the molecule is CNc1cc(C)nc(Nc2cc3c(c(C4CCN(C(=O)OC(C)(C)C)CC4)c2)OCC3)n1. The first-order valence-corrected chi connectivity index (χ1v) is 11.3. The van der Waals surface area contributed by atoms with Crippen molar-refractivity contribution in [2.24, 2.45) is 0 Å². The van der Waals surface area contributed by atoms with Crippen molar-refractivity contribution in [2.45, 2.75) is 58.5 Å². The third-order valence-corrected chi connectivity index (χ3v) is 5.77. The Labute approximate surface area is 189 Å². The van der Waals surface area contributed by atoms with Crippen LogP contribution in [-0.4, -0.2) is 53.3 Å². The van der Waals surface area contributed by atoms with E-state index in [1.165, 1.54) is 11.1 Å². The van der Waals surface area contributed by atoms with E-state index in [0.29, 0.717) is 31.6 Å². The van der Waals surface area contributed by atoms with Crippen LogP contribution in [0.15, 0.2) is 18.2 Å². The van der Waals surface area contributed by atoms with E-state index < -0.39 is 5.60 Å². The molecule has 1 fully saturated rings. The number of rotatable bonds is 4. The van der Waals surface area contributed by atoms with Crippen LogP contribution in [0.1, 0.15) is 56.4 Å². The van der Waals surface area contributed by atoms with E-state index in [0.717, 1.165) is 42.2 Å². The zero-order valence-electron chi connectivity index (χ0n) is 19.6. The molecule has 0 atom stereocenters. The number of hydrogen-bond donors (Lipinski definition) is 2. The highest BCUT2D eigenvalue weighted by atomic mass is 16.6. The predicted octanol–water partition coefficient (Wildman–Crippen LogP) is 4.62. The number of nitrogens with one attached hydrogen (secondary N) is 2. The van der Waals surface area contributed by atoms with E-state index in [-0.39, 0.29) is 6.09 Å². The van der Waals surface area contributed by atoms with Gasteiger partial charge in [0.25, 0.3) is 0 Å². The zero-order chi connectivity index (χ0) is 22.9. The molecule has 8 heteroatoms. The van der Waals surface area contributed by atoms with Gasteiger partial charge in [0.2, 0.25) is 5.95 Å². The minimum absolute atomic E-state index is 0.232. The molecule has 1 amide bonds. The molecule has 0 bridgehead atoms. The quantitative estimate of drug-likeness (QED) is 0.718. The van der Waals surface area contributed by atoms with Crippen molar-refractivity contribution >= 4 is 23.5 Å². The van der Waals surface area contributed by atoms with Gasteiger partial charge in [0.15, 0.2) is 0 Å². The van der Waals surface area contributed by atoms with Gasteiger partial charge in [0.1, 0.15) is 17.2 Å². The molecule has 1 aromatic heterocycles. The van der Waals surface area contributed by atoms with E-state index in [1.807, 2.05) is 45.7 Å². The summed E-state index contributed by atoms with van der Waals surface area (Å²) in [5.74, 6) is 2.68. The number of amides is 1. The maximum absolute atomic E-state index is 12.4. The lowest BCUT2D eigenvalue weighted by molar-refractivity contribution is 0.0204. The Morgan fingerprint density at radius 1 is 1.19 bits per heavy atom. The molecule has 0 aliphatic carbocycles. The number of benzene rings is 1. The number of aryl methyl sites for hydroxylation is 1. The third kappa shape index (κ3) is 5.06. The Kier molecular flexibility index (Phi) is 6.13. The Balaban J connectivity index is 1.52. The van der Waals surface area contributed by atoms with Crippen LogP contribution in [0.25, 0.3) is 0 Å². The molecule has 2 aliphatic heterocycles. The van der Waals surface area contributed by atoms with Crippen LogP contribution >= 0.6 is 0 Å². The lowest BCUT2D eigenvalue weighted by atomic mass is 9.87. The number of piperidine rings is 1. The van der Waals surface area contributed by atoms with Crippen LogP contribution in [0.3, 0.4) is 0 Å². The number of anilines is 3. The third-order valence-electron chi connectivity index (χ3n) is 5.77. The van der Waals surface area contributed by atoms with Crippen molar-refractivity contribution in [2.75, 3.05) is 37.4 Å². The first-order valence-electron chi connectivity index (χ1n) is 11.3. The van der Waals surface area contributed by atoms with Crippen LogP contribution in [0.4, 0.5) is 22.2 Å². The summed E-state index contributed by atoms with van der Waals surface area (Å²) in [7, 11) is 1.85. The Morgan fingerprint density at radius 3 is 2.62 bits per heavy atom. The summed E-state index contributed by atoms with van der Waals surface area (Å²) in [4.78, 5) is 23.3. The molecular weight excluding hydrogens is 406 g/mol. The largest absolute Gasteiger partial charge is 0.493 e. The molecule has 3 heterocycles. The summed E-state index contributed by atoms with van der Waals surface area (Å²) >= 11 is 0. The molecule has 0 unspecified atom stereocenters. The van der Waals surface area contributed by atoms with Gasteiger partial charge in [-0.1, -0.05) is 0 Å². The highest BCUT2D eigenvalue weighted by molar-refractivity contribution is 5.68. The molecule has 0 radical (unpaired) electrons. The fourth-order valence-electron chi connectivity index (χ4n) is 4.29. The lowest BCUT2D eigenvalue weighted by Gasteiger charge is -2.34. The predicted molar refractivity (Wildman–Crippen MR) is 125 cm³/mol. The van der Waals surface area contributed by atoms with Gasteiger partial charge in [0.05, 0.1) is 6.61 Å². The molecule has 4 rings (SSSR count). The average Bonchev–Trinajstić information content (AvgIpc) is 3.20. The number of carbonyl (C=O) groups excluding carboxylic acids is 1. The number of hydrogen-bond acceptors (Lipinski definition) is 7. The maximum atomic E-state index is 12.4. The topological polar surface area (TPSA) is 88.6 Å². The molecule has 8 nitrogen and oxygen atoms in total. The average molecular weight is 440 g/mol. The van der Waals surface area contributed by atoms with Crippen molar-refractivity contribution < 1.29 is 14.3 Å². The second kappa shape index (κ2) is 8.84. The van der Waals surface area contributed by atoms with Crippen molar-refractivity contribution in [1.82, 2.24) is 14.9 Å². The van der Waals surface area contributed by atoms with Gasteiger partial charge in [-0.3, -0.25) is 0 Å². The van der Waals surface area contributed by atoms with E-state index in [9.17, 15) is 4.79 Å². The standard InChI is InChI=1S/C24H33N5O3/c1-15-12-20(25-5)28-22(26-15)27-18-13-17-8-11-31-21(17)19(14-18)16-6-9-29(10-7-16)23(30)32-24(2,3)4/h12-14,16H,6-11H2,1-5H3,(H2,25,26,27,28). The summed E-state index contributed by atoms with van der Waals surface area (Å²) in [5.41, 5.74) is 3.79. The smallest absolute Gasteiger partial charge is 0.410 e. The molecule has 2 aromatic rings. The first kappa shape index (κ1) is 22.2. The van der Waals surface area contributed by atoms with Crippen LogP contribution in [0, 0.1) is 6.92 Å². The molecule has 32 heavy (non-hydrogen) atoms. The van der Waals surface area contributed by atoms with Gasteiger partial charge in [-0.25, -0.2) is 9.78 Å². The van der Waals surface area contributed by atoms with E-state index in [1.54, 1.807) is 0 Å². The number of carbonyl (C=O) groups is 1. The molecular formula is C24H33N5O3. The molecule has 0 saturated carbocycles. The van der Waals surface area contributed by atoms with Gasteiger partial charge < -0.3 is 25.0 Å². The van der Waals surface area contributed by atoms with E-state index >= 15 is 0 Å². The van der Waals surface area contributed by atoms with Gasteiger partial charge in [-0.2, -0.15) is 4.98 Å². The number of ether oxygens (including phenoxy) is 2. The summed E-state index contributed by atoms with van der Waals surface area (Å²) in [6, 6.07) is 6.20. The van der Waals surface area contributed by atoms with Crippen molar-refractivity contribution in [1.29, 1.82) is 0 Å². The van der Waals surface area contributed by atoms with E-state index in [2.05, 4.69) is 32.7 Å². The highest BCUT2D eigenvalue weighted by Crippen LogP contribution is 2.41. The Bertz CT molecular complexity index is 994. The monoisotopic (exact) mass is 439 g/mol. The van der Waals surface area contributed by atoms with Gasteiger partial charge in [-0.15, -0.1) is 0 Å². The molecule has 1 aromatic carbocycles. The fraction of sp³-hybridized carbons (Fsp3) is 0.542. The number of likely N-dealkylation sites (tertiary alicyclic amines) is 1.